The molecule has 21 heavy (non-hydrogen) atoms. The number of halogens is 1. The standard InChI is InChI=1S/C14H10FN3O3/c1-8-6-12(18-21-8)13(19)11(7-16)14(20)17-10-4-2-9(15)3-5-10/h2-6,11H,1H3,(H,17,20). The summed E-state index contributed by atoms with van der Waals surface area (Å²) in [4.78, 5) is 24.0. The summed E-state index contributed by atoms with van der Waals surface area (Å²) in [5, 5.41) is 14.9. The summed E-state index contributed by atoms with van der Waals surface area (Å²) in [6, 6.07) is 7.93. The number of hydrogen-bond acceptors (Lipinski definition) is 5. The first-order valence-electron chi connectivity index (χ1n) is 5.95. The van der Waals surface area contributed by atoms with Gasteiger partial charge in [-0.25, -0.2) is 4.39 Å². The van der Waals surface area contributed by atoms with Gasteiger partial charge in [0.25, 0.3) is 0 Å². The molecule has 2 rings (SSSR count). The summed E-state index contributed by atoms with van der Waals surface area (Å²) in [6.07, 6.45) is 0. The van der Waals surface area contributed by atoms with Crippen molar-refractivity contribution < 1.29 is 18.5 Å². The molecule has 0 saturated carbocycles. The van der Waals surface area contributed by atoms with Crippen molar-refractivity contribution in [1.29, 1.82) is 5.26 Å². The Kier molecular flexibility index (Phi) is 4.09. The molecule has 0 saturated heterocycles. The van der Waals surface area contributed by atoms with Crippen molar-refractivity contribution in [3.8, 4) is 6.07 Å². The molecule has 2 aromatic rings. The molecule has 0 radical (unpaired) electrons. The lowest BCUT2D eigenvalue weighted by Gasteiger charge is -2.08. The first-order chi connectivity index (χ1) is 10.0. The number of aromatic nitrogens is 1. The fourth-order valence-corrected chi connectivity index (χ4v) is 1.61. The number of carbonyl (C=O) groups excluding carboxylic acids is 2. The van der Waals surface area contributed by atoms with E-state index in [2.05, 4.69) is 10.5 Å². The van der Waals surface area contributed by atoms with E-state index in [9.17, 15) is 14.0 Å². The van der Waals surface area contributed by atoms with Crippen LogP contribution in [0.3, 0.4) is 0 Å². The van der Waals surface area contributed by atoms with E-state index in [4.69, 9.17) is 9.78 Å². The molecule has 1 atom stereocenters. The number of carbonyl (C=O) groups is 2. The Balaban J connectivity index is 2.14. The predicted octanol–water partition coefficient (Wildman–Crippen LogP) is 2.08. The molecule has 0 spiro atoms. The smallest absolute Gasteiger partial charge is 0.249 e. The molecule has 0 fully saturated rings. The van der Waals surface area contributed by atoms with Gasteiger partial charge in [-0.2, -0.15) is 5.26 Å². The number of hydrogen-bond donors (Lipinski definition) is 1. The summed E-state index contributed by atoms with van der Waals surface area (Å²) in [5.41, 5.74) is 0.194. The van der Waals surface area contributed by atoms with Gasteiger partial charge >= 0.3 is 0 Å². The highest BCUT2D eigenvalue weighted by atomic mass is 19.1. The zero-order chi connectivity index (χ0) is 15.4. The number of anilines is 1. The van der Waals surface area contributed by atoms with Gasteiger partial charge in [0.2, 0.25) is 11.7 Å². The maximum atomic E-state index is 12.8. The Morgan fingerprint density at radius 1 is 1.38 bits per heavy atom. The third kappa shape index (κ3) is 3.30. The summed E-state index contributed by atoms with van der Waals surface area (Å²) < 4.78 is 17.5. The molecule has 1 aromatic carbocycles. The van der Waals surface area contributed by atoms with Gasteiger partial charge in [0.1, 0.15) is 11.6 Å². The van der Waals surface area contributed by atoms with Gasteiger partial charge in [0, 0.05) is 11.8 Å². The van der Waals surface area contributed by atoms with Crippen LogP contribution in [-0.2, 0) is 4.79 Å². The zero-order valence-electron chi connectivity index (χ0n) is 11.0. The minimum Gasteiger partial charge on any atom is -0.361 e. The van der Waals surface area contributed by atoms with Crippen molar-refractivity contribution in [2.24, 2.45) is 5.92 Å². The lowest BCUT2D eigenvalue weighted by molar-refractivity contribution is -0.117. The van der Waals surface area contributed by atoms with Crippen LogP contribution in [0, 0.1) is 30.0 Å². The van der Waals surface area contributed by atoms with Crippen molar-refractivity contribution in [3.63, 3.8) is 0 Å². The summed E-state index contributed by atoms with van der Waals surface area (Å²) >= 11 is 0. The van der Waals surface area contributed by atoms with Crippen LogP contribution in [0.4, 0.5) is 10.1 Å². The summed E-state index contributed by atoms with van der Waals surface area (Å²) in [7, 11) is 0. The van der Waals surface area contributed by atoms with Crippen molar-refractivity contribution in [1.82, 2.24) is 5.16 Å². The quantitative estimate of drug-likeness (QED) is 0.686. The van der Waals surface area contributed by atoms with Gasteiger partial charge in [-0.15, -0.1) is 0 Å². The molecular weight excluding hydrogens is 277 g/mol. The molecular formula is C14H10FN3O3. The van der Waals surface area contributed by atoms with E-state index in [1.165, 1.54) is 18.2 Å². The molecule has 1 N–H and O–H groups in total. The number of aryl methyl sites for hydroxylation is 1. The number of Topliss-reactive ketones (excluding diaryl/α,β-unsaturated/α-hetero) is 1. The van der Waals surface area contributed by atoms with Crippen molar-refractivity contribution in [2.45, 2.75) is 6.92 Å². The number of benzene rings is 1. The number of amides is 1. The van der Waals surface area contributed by atoms with Gasteiger partial charge in [0.15, 0.2) is 11.6 Å². The summed E-state index contributed by atoms with van der Waals surface area (Å²) in [5.74, 6) is -3.18. The fourth-order valence-electron chi connectivity index (χ4n) is 1.61. The van der Waals surface area contributed by atoms with Crippen molar-refractivity contribution in [3.05, 3.63) is 47.6 Å². The zero-order valence-corrected chi connectivity index (χ0v) is 11.0. The Bertz CT molecular complexity index is 716. The molecule has 6 nitrogen and oxygen atoms in total. The van der Waals surface area contributed by atoms with E-state index in [-0.39, 0.29) is 11.4 Å². The fraction of sp³-hybridized carbons (Fsp3) is 0.143. The van der Waals surface area contributed by atoms with E-state index in [0.717, 1.165) is 12.1 Å². The van der Waals surface area contributed by atoms with Crippen molar-refractivity contribution in [2.75, 3.05) is 5.32 Å². The molecule has 1 aromatic heterocycles. The van der Waals surface area contributed by atoms with Crippen LogP contribution >= 0.6 is 0 Å². The maximum Gasteiger partial charge on any atom is 0.249 e. The monoisotopic (exact) mass is 287 g/mol. The third-order valence-electron chi connectivity index (χ3n) is 2.65. The average Bonchev–Trinajstić information content (AvgIpc) is 2.89. The highest BCUT2D eigenvalue weighted by molar-refractivity contribution is 6.14. The molecule has 1 heterocycles. The van der Waals surface area contributed by atoms with Crippen molar-refractivity contribution >= 4 is 17.4 Å². The molecule has 0 bridgehead atoms. The van der Waals surface area contributed by atoms with Gasteiger partial charge in [-0.3, -0.25) is 9.59 Å². The highest BCUT2D eigenvalue weighted by Crippen LogP contribution is 2.13. The Labute approximate surface area is 119 Å². The second-order valence-corrected chi connectivity index (χ2v) is 4.25. The molecule has 0 aliphatic carbocycles. The summed E-state index contributed by atoms with van der Waals surface area (Å²) in [6.45, 7) is 1.59. The van der Waals surface area contributed by atoms with E-state index < -0.39 is 23.4 Å². The topological polar surface area (TPSA) is 96.0 Å². The number of nitriles is 1. The van der Waals surface area contributed by atoms with E-state index in [0.29, 0.717) is 5.76 Å². The minimum atomic E-state index is -1.56. The van der Waals surface area contributed by atoms with Gasteiger partial charge in [-0.05, 0) is 31.2 Å². The first-order valence-corrected chi connectivity index (χ1v) is 5.95. The van der Waals surface area contributed by atoms with Gasteiger partial charge in [-0.1, -0.05) is 5.16 Å². The van der Waals surface area contributed by atoms with Crippen LogP contribution in [0.5, 0.6) is 0 Å². The third-order valence-corrected chi connectivity index (χ3v) is 2.65. The van der Waals surface area contributed by atoms with E-state index in [1.807, 2.05) is 0 Å². The second-order valence-electron chi connectivity index (χ2n) is 4.25. The van der Waals surface area contributed by atoms with Gasteiger partial charge in [0.05, 0.1) is 6.07 Å². The SMILES string of the molecule is Cc1cc(C(=O)C(C#N)C(=O)Nc2ccc(F)cc2)no1. The van der Waals surface area contributed by atoms with Crippen LogP contribution in [0.15, 0.2) is 34.9 Å². The average molecular weight is 287 g/mol. The Hall–Kier alpha value is -3.01. The maximum absolute atomic E-state index is 12.8. The number of nitrogens with zero attached hydrogens (tertiary/aromatic N) is 2. The number of rotatable bonds is 4. The predicted molar refractivity (Wildman–Crippen MR) is 69.7 cm³/mol. The molecule has 0 aliphatic heterocycles. The lowest BCUT2D eigenvalue weighted by Crippen LogP contribution is -2.28. The Morgan fingerprint density at radius 3 is 2.57 bits per heavy atom. The largest absolute Gasteiger partial charge is 0.361 e. The molecule has 0 aliphatic rings. The van der Waals surface area contributed by atoms with Crippen LogP contribution in [-0.4, -0.2) is 16.8 Å². The first kappa shape index (κ1) is 14.4. The minimum absolute atomic E-state index is 0.0895. The molecule has 1 unspecified atom stereocenters. The molecule has 7 heteroatoms. The van der Waals surface area contributed by atoms with Crippen LogP contribution in [0.25, 0.3) is 0 Å². The van der Waals surface area contributed by atoms with E-state index >= 15 is 0 Å². The second kappa shape index (κ2) is 5.96. The normalized spacial score (nSPS) is 11.5. The molecule has 106 valence electrons. The number of ketones is 1. The van der Waals surface area contributed by atoms with Gasteiger partial charge < -0.3 is 9.84 Å². The van der Waals surface area contributed by atoms with E-state index in [1.54, 1.807) is 13.0 Å². The lowest BCUT2D eigenvalue weighted by atomic mass is 10.0. The van der Waals surface area contributed by atoms with Crippen LogP contribution in [0.1, 0.15) is 16.2 Å². The Morgan fingerprint density at radius 2 is 2.05 bits per heavy atom. The number of nitrogens with one attached hydrogen (secondary N) is 1. The van der Waals surface area contributed by atoms with Crippen LogP contribution < -0.4 is 5.32 Å². The van der Waals surface area contributed by atoms with Crippen LogP contribution in [0.2, 0.25) is 0 Å². The highest BCUT2D eigenvalue weighted by Gasteiger charge is 2.29. The molecule has 1 amide bonds.